The standard InChI is InChI=1S/C4H9NO4/c1-3(5(8)9)2-4(6)7/h3-4,6-7H,2H2,1H3. The number of hydrogen-bond donors (Lipinski definition) is 2. The van der Waals surface area contributed by atoms with E-state index in [-0.39, 0.29) is 6.42 Å². The molecule has 0 amide bonds. The highest BCUT2D eigenvalue weighted by atomic mass is 16.6. The molecule has 1 unspecified atom stereocenters. The second-order valence-electron chi connectivity index (χ2n) is 1.85. The van der Waals surface area contributed by atoms with Crippen LogP contribution in [-0.2, 0) is 0 Å². The van der Waals surface area contributed by atoms with Crippen LogP contribution in [0.15, 0.2) is 0 Å². The molecule has 0 saturated carbocycles. The van der Waals surface area contributed by atoms with Gasteiger partial charge in [0.2, 0.25) is 6.04 Å². The summed E-state index contributed by atoms with van der Waals surface area (Å²) in [5.74, 6) is 0. The van der Waals surface area contributed by atoms with Crippen LogP contribution in [0.3, 0.4) is 0 Å². The molecule has 0 heterocycles. The molecule has 2 N–H and O–H groups in total. The monoisotopic (exact) mass is 135 g/mol. The van der Waals surface area contributed by atoms with Gasteiger partial charge in [-0.25, -0.2) is 0 Å². The summed E-state index contributed by atoms with van der Waals surface area (Å²) >= 11 is 0. The average Bonchev–Trinajstić information content (AvgIpc) is 1.63. The van der Waals surface area contributed by atoms with Crippen LogP contribution in [0.2, 0.25) is 0 Å². The van der Waals surface area contributed by atoms with E-state index in [1.54, 1.807) is 0 Å². The summed E-state index contributed by atoms with van der Waals surface area (Å²) < 4.78 is 0. The largest absolute Gasteiger partial charge is 0.368 e. The Bertz CT molecular complexity index is 103. The van der Waals surface area contributed by atoms with Gasteiger partial charge in [-0.3, -0.25) is 10.1 Å². The van der Waals surface area contributed by atoms with Crippen molar-refractivity contribution in [3.63, 3.8) is 0 Å². The summed E-state index contributed by atoms with van der Waals surface area (Å²) in [5, 5.41) is 26.3. The zero-order valence-electron chi connectivity index (χ0n) is 5.02. The van der Waals surface area contributed by atoms with Gasteiger partial charge in [-0.05, 0) is 0 Å². The summed E-state index contributed by atoms with van der Waals surface area (Å²) in [4.78, 5) is 9.26. The first-order valence-electron chi connectivity index (χ1n) is 2.53. The Morgan fingerprint density at radius 2 is 2.11 bits per heavy atom. The third-order valence-electron chi connectivity index (χ3n) is 0.912. The van der Waals surface area contributed by atoms with E-state index in [1.165, 1.54) is 6.92 Å². The van der Waals surface area contributed by atoms with Crippen molar-refractivity contribution < 1.29 is 15.1 Å². The van der Waals surface area contributed by atoms with Gasteiger partial charge in [-0.2, -0.15) is 0 Å². The van der Waals surface area contributed by atoms with Crippen molar-refractivity contribution >= 4 is 0 Å². The average molecular weight is 135 g/mol. The van der Waals surface area contributed by atoms with Gasteiger partial charge < -0.3 is 10.2 Å². The first-order valence-corrected chi connectivity index (χ1v) is 2.53. The minimum Gasteiger partial charge on any atom is -0.368 e. The van der Waals surface area contributed by atoms with E-state index in [0.717, 1.165) is 0 Å². The summed E-state index contributed by atoms with van der Waals surface area (Å²) in [6, 6.07) is -0.884. The minimum atomic E-state index is -1.58. The molecule has 0 fully saturated rings. The van der Waals surface area contributed by atoms with E-state index in [2.05, 4.69) is 0 Å². The first-order chi connectivity index (χ1) is 4.04. The van der Waals surface area contributed by atoms with Crippen molar-refractivity contribution in [1.82, 2.24) is 0 Å². The molecule has 0 aromatic rings. The molecule has 0 radical (unpaired) electrons. The molecule has 54 valence electrons. The van der Waals surface area contributed by atoms with Gasteiger partial charge in [0.1, 0.15) is 0 Å². The molecule has 0 rings (SSSR count). The molecule has 9 heavy (non-hydrogen) atoms. The van der Waals surface area contributed by atoms with E-state index < -0.39 is 17.3 Å². The summed E-state index contributed by atoms with van der Waals surface area (Å²) in [6.45, 7) is 1.32. The third kappa shape index (κ3) is 3.87. The topological polar surface area (TPSA) is 83.6 Å². The lowest BCUT2D eigenvalue weighted by Crippen LogP contribution is -2.21. The number of nitro groups is 1. The molecule has 0 spiro atoms. The van der Waals surface area contributed by atoms with E-state index in [1.807, 2.05) is 0 Å². The SMILES string of the molecule is CC(CC(O)O)[N+](=O)[O-]. The van der Waals surface area contributed by atoms with Crippen molar-refractivity contribution in [1.29, 1.82) is 0 Å². The van der Waals surface area contributed by atoms with E-state index in [9.17, 15) is 10.1 Å². The fraction of sp³-hybridized carbons (Fsp3) is 1.00. The highest BCUT2D eigenvalue weighted by Gasteiger charge is 2.15. The predicted molar refractivity (Wildman–Crippen MR) is 29.3 cm³/mol. The van der Waals surface area contributed by atoms with Gasteiger partial charge in [0.05, 0.1) is 6.42 Å². The van der Waals surface area contributed by atoms with Crippen LogP contribution in [0.5, 0.6) is 0 Å². The van der Waals surface area contributed by atoms with Crippen molar-refractivity contribution in [3.8, 4) is 0 Å². The minimum absolute atomic E-state index is 0.215. The number of aliphatic hydroxyl groups is 2. The molecule has 0 aliphatic heterocycles. The maximum atomic E-state index is 9.82. The highest BCUT2D eigenvalue weighted by molar-refractivity contribution is 4.48. The van der Waals surface area contributed by atoms with Gasteiger partial charge in [-0.1, -0.05) is 0 Å². The Kier molecular flexibility index (Phi) is 3.11. The molecule has 0 aliphatic rings. The Morgan fingerprint density at radius 3 is 2.22 bits per heavy atom. The van der Waals surface area contributed by atoms with Gasteiger partial charge in [0.15, 0.2) is 6.29 Å². The number of nitrogens with zero attached hydrogens (tertiary/aromatic N) is 1. The van der Waals surface area contributed by atoms with E-state index >= 15 is 0 Å². The molecule has 0 aliphatic carbocycles. The Hall–Kier alpha value is -0.680. The van der Waals surface area contributed by atoms with Crippen molar-refractivity contribution in [3.05, 3.63) is 10.1 Å². The Labute approximate surface area is 52.1 Å². The second kappa shape index (κ2) is 3.37. The second-order valence-corrected chi connectivity index (χ2v) is 1.85. The molecule has 1 atom stereocenters. The number of rotatable bonds is 3. The maximum absolute atomic E-state index is 9.82. The van der Waals surface area contributed by atoms with Crippen molar-refractivity contribution in [2.24, 2.45) is 0 Å². The molecule has 0 aromatic heterocycles. The van der Waals surface area contributed by atoms with Crippen molar-refractivity contribution in [2.75, 3.05) is 0 Å². The molecular formula is C4H9NO4. The fourth-order valence-electron chi connectivity index (χ4n) is 0.391. The van der Waals surface area contributed by atoms with Crippen LogP contribution in [0.25, 0.3) is 0 Å². The van der Waals surface area contributed by atoms with Crippen LogP contribution >= 0.6 is 0 Å². The van der Waals surface area contributed by atoms with Crippen LogP contribution in [0.4, 0.5) is 0 Å². The van der Waals surface area contributed by atoms with Gasteiger partial charge in [0, 0.05) is 11.8 Å². The summed E-state index contributed by atoms with van der Waals surface area (Å²) in [5.41, 5.74) is 0. The quantitative estimate of drug-likeness (QED) is 0.306. The Morgan fingerprint density at radius 1 is 1.67 bits per heavy atom. The zero-order chi connectivity index (χ0) is 7.44. The van der Waals surface area contributed by atoms with Gasteiger partial charge in [0.25, 0.3) is 0 Å². The van der Waals surface area contributed by atoms with E-state index in [0.29, 0.717) is 0 Å². The van der Waals surface area contributed by atoms with Crippen LogP contribution in [0, 0.1) is 10.1 Å². The van der Waals surface area contributed by atoms with Gasteiger partial charge >= 0.3 is 0 Å². The fourth-order valence-corrected chi connectivity index (χ4v) is 0.391. The lowest BCUT2D eigenvalue weighted by Gasteiger charge is -2.03. The molecule has 5 heteroatoms. The lowest BCUT2D eigenvalue weighted by atomic mass is 10.2. The zero-order valence-corrected chi connectivity index (χ0v) is 5.02. The van der Waals surface area contributed by atoms with Crippen molar-refractivity contribution in [2.45, 2.75) is 25.7 Å². The third-order valence-corrected chi connectivity index (χ3v) is 0.912. The smallest absolute Gasteiger partial charge is 0.215 e. The van der Waals surface area contributed by atoms with Crippen LogP contribution in [-0.4, -0.2) is 27.5 Å². The first kappa shape index (κ1) is 8.32. The number of aliphatic hydroxyl groups excluding tert-OH is 1. The normalized spacial score (nSPS) is 13.8. The highest BCUT2D eigenvalue weighted by Crippen LogP contribution is 1.97. The lowest BCUT2D eigenvalue weighted by molar-refractivity contribution is -0.522. The van der Waals surface area contributed by atoms with E-state index in [4.69, 9.17) is 10.2 Å². The molecule has 0 aromatic carbocycles. The molecule has 0 saturated heterocycles. The summed E-state index contributed by atoms with van der Waals surface area (Å²) in [6.07, 6.45) is -1.79. The van der Waals surface area contributed by atoms with Crippen LogP contribution in [0.1, 0.15) is 13.3 Å². The summed E-state index contributed by atoms with van der Waals surface area (Å²) in [7, 11) is 0. The molecule has 0 bridgehead atoms. The van der Waals surface area contributed by atoms with Crippen LogP contribution < -0.4 is 0 Å². The molecular weight excluding hydrogens is 126 g/mol. The number of hydrogen-bond acceptors (Lipinski definition) is 4. The molecule has 5 nitrogen and oxygen atoms in total. The van der Waals surface area contributed by atoms with Gasteiger partial charge in [-0.15, -0.1) is 0 Å². The predicted octanol–water partition coefficient (Wildman–Crippen LogP) is -0.648. The Balaban J connectivity index is 3.50. The maximum Gasteiger partial charge on any atom is 0.215 e.